The number of nitrogens with two attached hydrogens (primary N) is 1. The smallest absolute Gasteiger partial charge is 0.329 e. The maximum absolute atomic E-state index is 11.9. The third-order valence-electron chi connectivity index (χ3n) is 3.38. The zero-order valence-electron chi connectivity index (χ0n) is 14.7. The molecule has 0 atom stereocenters. The highest BCUT2D eigenvalue weighted by atomic mass is 35.5. The van der Waals surface area contributed by atoms with Gasteiger partial charge in [-0.2, -0.15) is 5.10 Å². The number of hydrazone groups is 1. The fourth-order valence-electron chi connectivity index (χ4n) is 1.98. The normalized spacial score (nSPS) is 10.9. The molecule has 8 nitrogen and oxygen atoms in total. The zero-order chi connectivity index (χ0) is 20.7. The SMILES string of the molecule is CC(=NNC(=O)C(=O)Nc1cccc(Cl)c1Cl)c1ccc(OCC(N)=O)cc1. The topological polar surface area (TPSA) is 123 Å². The summed E-state index contributed by atoms with van der Waals surface area (Å²) in [5.41, 5.74) is 8.49. The van der Waals surface area contributed by atoms with E-state index in [2.05, 4.69) is 15.8 Å². The van der Waals surface area contributed by atoms with E-state index in [0.717, 1.165) is 0 Å². The Labute approximate surface area is 170 Å². The van der Waals surface area contributed by atoms with Gasteiger partial charge in [0.25, 0.3) is 5.91 Å². The molecule has 3 amide bonds. The van der Waals surface area contributed by atoms with Crippen LogP contribution in [0.25, 0.3) is 0 Å². The van der Waals surface area contributed by atoms with Crippen LogP contribution in [-0.4, -0.2) is 30.0 Å². The highest BCUT2D eigenvalue weighted by Gasteiger charge is 2.15. The number of amides is 3. The lowest BCUT2D eigenvalue weighted by Crippen LogP contribution is -2.33. The van der Waals surface area contributed by atoms with Crippen molar-refractivity contribution in [3.63, 3.8) is 0 Å². The largest absolute Gasteiger partial charge is 0.484 e. The molecule has 0 heterocycles. The number of ether oxygens (including phenoxy) is 1. The van der Waals surface area contributed by atoms with E-state index in [1.807, 2.05) is 0 Å². The molecule has 0 unspecified atom stereocenters. The van der Waals surface area contributed by atoms with Crippen molar-refractivity contribution in [2.75, 3.05) is 11.9 Å². The average Bonchev–Trinajstić information content (AvgIpc) is 2.68. The van der Waals surface area contributed by atoms with Gasteiger partial charge in [0.1, 0.15) is 5.75 Å². The van der Waals surface area contributed by atoms with Crippen molar-refractivity contribution >= 4 is 52.3 Å². The van der Waals surface area contributed by atoms with Crippen LogP contribution in [-0.2, 0) is 14.4 Å². The zero-order valence-corrected chi connectivity index (χ0v) is 16.2. The van der Waals surface area contributed by atoms with Crippen molar-refractivity contribution in [1.29, 1.82) is 0 Å². The fraction of sp³-hybridized carbons (Fsp3) is 0.111. The molecule has 0 bridgehead atoms. The van der Waals surface area contributed by atoms with Crippen LogP contribution in [0.3, 0.4) is 0 Å². The minimum Gasteiger partial charge on any atom is -0.484 e. The van der Waals surface area contributed by atoms with Gasteiger partial charge < -0.3 is 15.8 Å². The van der Waals surface area contributed by atoms with E-state index in [1.54, 1.807) is 43.3 Å². The van der Waals surface area contributed by atoms with Gasteiger partial charge in [-0.1, -0.05) is 29.3 Å². The van der Waals surface area contributed by atoms with E-state index in [9.17, 15) is 14.4 Å². The molecule has 0 saturated heterocycles. The van der Waals surface area contributed by atoms with Crippen LogP contribution < -0.4 is 21.2 Å². The van der Waals surface area contributed by atoms with E-state index >= 15 is 0 Å². The van der Waals surface area contributed by atoms with Crippen LogP contribution in [0.5, 0.6) is 5.75 Å². The van der Waals surface area contributed by atoms with Gasteiger partial charge in [-0.15, -0.1) is 0 Å². The molecule has 2 aromatic carbocycles. The fourth-order valence-corrected chi connectivity index (χ4v) is 2.32. The molecule has 0 aromatic heterocycles. The molecular formula is C18H16Cl2N4O4. The van der Waals surface area contributed by atoms with Crippen LogP contribution in [0.1, 0.15) is 12.5 Å². The second-order valence-corrected chi connectivity index (χ2v) is 6.26. The maximum Gasteiger partial charge on any atom is 0.329 e. The van der Waals surface area contributed by atoms with Crippen molar-refractivity contribution in [3.8, 4) is 5.75 Å². The summed E-state index contributed by atoms with van der Waals surface area (Å²) in [6.07, 6.45) is 0. The summed E-state index contributed by atoms with van der Waals surface area (Å²) in [4.78, 5) is 34.6. The molecule has 0 aliphatic rings. The number of rotatable bonds is 6. The third kappa shape index (κ3) is 5.97. The summed E-state index contributed by atoms with van der Waals surface area (Å²) in [6.45, 7) is 1.42. The van der Waals surface area contributed by atoms with Crippen molar-refractivity contribution < 1.29 is 19.1 Å². The van der Waals surface area contributed by atoms with E-state index in [4.69, 9.17) is 33.7 Å². The summed E-state index contributed by atoms with van der Waals surface area (Å²) < 4.78 is 5.15. The molecule has 0 aliphatic carbocycles. The lowest BCUT2D eigenvalue weighted by atomic mass is 10.1. The molecule has 0 saturated carbocycles. The highest BCUT2D eigenvalue weighted by Crippen LogP contribution is 2.29. The van der Waals surface area contributed by atoms with Crippen LogP contribution in [0.15, 0.2) is 47.6 Å². The molecule has 0 spiro atoms. The van der Waals surface area contributed by atoms with Crippen molar-refractivity contribution in [2.45, 2.75) is 6.92 Å². The molecule has 0 radical (unpaired) electrons. The van der Waals surface area contributed by atoms with Crippen LogP contribution >= 0.6 is 23.2 Å². The monoisotopic (exact) mass is 422 g/mol. The molecular weight excluding hydrogens is 407 g/mol. The highest BCUT2D eigenvalue weighted by molar-refractivity contribution is 6.45. The summed E-state index contributed by atoms with van der Waals surface area (Å²) in [5.74, 6) is -2.05. The number of primary amides is 1. The second kappa shape index (κ2) is 9.72. The summed E-state index contributed by atoms with van der Waals surface area (Å²) in [5, 5.41) is 6.61. The molecule has 28 heavy (non-hydrogen) atoms. The van der Waals surface area contributed by atoms with Gasteiger partial charge in [-0.3, -0.25) is 14.4 Å². The van der Waals surface area contributed by atoms with Crippen molar-refractivity contribution in [1.82, 2.24) is 5.43 Å². The number of hydrogen-bond donors (Lipinski definition) is 3. The number of nitrogens with zero attached hydrogens (tertiary/aromatic N) is 1. The Morgan fingerprint density at radius 1 is 1.07 bits per heavy atom. The number of halogens is 2. The molecule has 0 fully saturated rings. The average molecular weight is 423 g/mol. The molecule has 146 valence electrons. The van der Waals surface area contributed by atoms with E-state index < -0.39 is 17.7 Å². The number of nitrogens with one attached hydrogen (secondary N) is 2. The predicted octanol–water partition coefficient (Wildman–Crippen LogP) is 2.34. The first-order valence-electron chi connectivity index (χ1n) is 7.89. The van der Waals surface area contributed by atoms with Crippen molar-refractivity contribution in [2.24, 2.45) is 10.8 Å². The van der Waals surface area contributed by atoms with Gasteiger partial charge in [-0.25, -0.2) is 5.43 Å². The van der Waals surface area contributed by atoms with Crippen LogP contribution in [0.4, 0.5) is 5.69 Å². The number of benzene rings is 2. The van der Waals surface area contributed by atoms with Crippen molar-refractivity contribution in [3.05, 3.63) is 58.1 Å². The predicted molar refractivity (Wildman–Crippen MR) is 107 cm³/mol. The van der Waals surface area contributed by atoms with Gasteiger partial charge in [0.15, 0.2) is 6.61 Å². The first kappa shape index (κ1) is 21.2. The summed E-state index contributed by atoms with van der Waals surface area (Å²) in [6, 6.07) is 11.2. The van der Waals surface area contributed by atoms with Crippen LogP contribution in [0, 0.1) is 0 Å². The van der Waals surface area contributed by atoms with Gasteiger partial charge in [-0.05, 0) is 48.9 Å². The Bertz CT molecular complexity index is 930. The Balaban J connectivity index is 1.96. The number of carbonyl (C=O) groups is 3. The maximum atomic E-state index is 11.9. The second-order valence-electron chi connectivity index (χ2n) is 5.47. The van der Waals surface area contributed by atoms with Gasteiger partial charge >= 0.3 is 11.8 Å². The number of hydrogen-bond acceptors (Lipinski definition) is 5. The van der Waals surface area contributed by atoms with E-state index in [0.29, 0.717) is 17.0 Å². The van der Waals surface area contributed by atoms with Gasteiger partial charge in [0.05, 0.1) is 21.4 Å². The first-order valence-corrected chi connectivity index (χ1v) is 8.64. The Kier molecular flexibility index (Phi) is 7.36. The third-order valence-corrected chi connectivity index (χ3v) is 4.20. The number of anilines is 1. The molecule has 4 N–H and O–H groups in total. The Morgan fingerprint density at radius 2 is 1.75 bits per heavy atom. The molecule has 10 heteroatoms. The van der Waals surface area contributed by atoms with E-state index in [1.165, 1.54) is 6.07 Å². The molecule has 2 rings (SSSR count). The lowest BCUT2D eigenvalue weighted by Gasteiger charge is -2.08. The Morgan fingerprint density at radius 3 is 2.39 bits per heavy atom. The van der Waals surface area contributed by atoms with Crippen LogP contribution in [0.2, 0.25) is 10.0 Å². The standard InChI is InChI=1S/C18H16Cl2N4O4/c1-10(11-5-7-12(8-6-11)28-9-15(21)25)23-24-18(27)17(26)22-14-4-2-3-13(19)16(14)20/h2-8H,9H2,1H3,(H2,21,25)(H,22,26)(H,24,27). The van der Waals surface area contributed by atoms with Gasteiger partial charge in [0, 0.05) is 0 Å². The molecule has 2 aromatic rings. The quantitative estimate of drug-likeness (QED) is 0.375. The van der Waals surface area contributed by atoms with Gasteiger partial charge in [0.2, 0.25) is 0 Å². The Hall–Kier alpha value is -3.10. The minimum atomic E-state index is -0.975. The summed E-state index contributed by atoms with van der Waals surface area (Å²) >= 11 is 11.8. The summed E-state index contributed by atoms with van der Waals surface area (Å²) in [7, 11) is 0. The minimum absolute atomic E-state index is 0.128. The lowest BCUT2D eigenvalue weighted by molar-refractivity contribution is -0.136. The first-order chi connectivity index (χ1) is 13.3. The van der Waals surface area contributed by atoms with E-state index in [-0.39, 0.29) is 22.3 Å². The molecule has 0 aliphatic heterocycles. The number of carbonyl (C=O) groups excluding carboxylic acids is 3.